The van der Waals surface area contributed by atoms with Gasteiger partial charge in [-0.3, -0.25) is 4.90 Å². The highest BCUT2D eigenvalue weighted by Gasteiger charge is 2.43. The van der Waals surface area contributed by atoms with Crippen molar-refractivity contribution in [3.8, 4) is 17.2 Å². The summed E-state index contributed by atoms with van der Waals surface area (Å²) in [5, 5.41) is 11.2. The highest BCUT2D eigenvalue weighted by atomic mass is 16.5. The van der Waals surface area contributed by atoms with Crippen LogP contribution in [0.1, 0.15) is 29.9 Å². The molecule has 1 saturated heterocycles. The minimum Gasteiger partial charge on any atom is -0.497 e. The number of nitrogens with zero attached hydrogens (tertiary/aromatic N) is 1. The Balaban J connectivity index is 1.79. The maximum absolute atomic E-state index is 11.2. The average molecular weight is 381 g/mol. The van der Waals surface area contributed by atoms with Gasteiger partial charge in [-0.05, 0) is 59.9 Å². The molecular formula is C23H27NO4. The molecule has 2 atom stereocenters. The molecule has 0 spiro atoms. The van der Waals surface area contributed by atoms with E-state index in [0.717, 1.165) is 59.9 Å². The van der Waals surface area contributed by atoms with E-state index in [9.17, 15) is 5.11 Å². The van der Waals surface area contributed by atoms with Crippen molar-refractivity contribution in [1.82, 2.24) is 4.90 Å². The Morgan fingerprint density at radius 2 is 1.71 bits per heavy atom. The summed E-state index contributed by atoms with van der Waals surface area (Å²) in [6.07, 6.45) is 3.82. The Hall–Kier alpha value is -2.50. The molecule has 0 radical (unpaired) electrons. The maximum Gasteiger partial charge on any atom is 0.161 e. The first-order chi connectivity index (χ1) is 13.6. The molecule has 0 bridgehead atoms. The van der Waals surface area contributed by atoms with Gasteiger partial charge >= 0.3 is 0 Å². The van der Waals surface area contributed by atoms with Gasteiger partial charge in [0, 0.05) is 19.0 Å². The van der Waals surface area contributed by atoms with Crippen LogP contribution in [-0.4, -0.2) is 50.2 Å². The van der Waals surface area contributed by atoms with Crippen LogP contribution in [0.15, 0.2) is 48.5 Å². The molecule has 2 aliphatic heterocycles. The summed E-state index contributed by atoms with van der Waals surface area (Å²) < 4.78 is 16.2. The molecule has 1 fully saturated rings. The number of rotatable bonds is 5. The van der Waals surface area contributed by atoms with Gasteiger partial charge in [0.05, 0.1) is 21.3 Å². The fourth-order valence-corrected chi connectivity index (χ4v) is 4.39. The van der Waals surface area contributed by atoms with Crippen molar-refractivity contribution in [2.75, 3.05) is 34.4 Å². The predicted molar refractivity (Wildman–Crippen MR) is 109 cm³/mol. The third-order valence-corrected chi connectivity index (χ3v) is 5.92. The third kappa shape index (κ3) is 3.25. The smallest absolute Gasteiger partial charge is 0.161 e. The number of ether oxygens (including phenoxy) is 3. The minimum atomic E-state index is -0.859. The van der Waals surface area contributed by atoms with Crippen molar-refractivity contribution in [1.29, 1.82) is 0 Å². The van der Waals surface area contributed by atoms with E-state index in [1.54, 1.807) is 21.3 Å². The third-order valence-electron chi connectivity index (χ3n) is 5.92. The van der Waals surface area contributed by atoms with E-state index in [2.05, 4.69) is 23.1 Å². The quantitative estimate of drug-likeness (QED) is 0.856. The first-order valence-electron chi connectivity index (χ1n) is 9.64. The van der Waals surface area contributed by atoms with Gasteiger partial charge in [-0.25, -0.2) is 0 Å². The van der Waals surface area contributed by atoms with Crippen LogP contribution in [0.25, 0.3) is 5.57 Å². The van der Waals surface area contributed by atoms with E-state index in [1.165, 1.54) is 0 Å². The second-order valence-corrected chi connectivity index (χ2v) is 7.42. The van der Waals surface area contributed by atoms with Crippen molar-refractivity contribution in [2.45, 2.75) is 24.5 Å². The lowest BCUT2D eigenvalue weighted by Crippen LogP contribution is -2.47. The van der Waals surface area contributed by atoms with Crippen molar-refractivity contribution in [2.24, 2.45) is 0 Å². The molecule has 0 aliphatic carbocycles. The summed E-state index contributed by atoms with van der Waals surface area (Å²) in [5.41, 5.74) is 2.52. The zero-order valence-electron chi connectivity index (χ0n) is 16.6. The molecule has 1 N–H and O–H groups in total. The fourth-order valence-electron chi connectivity index (χ4n) is 4.39. The topological polar surface area (TPSA) is 51.2 Å². The van der Waals surface area contributed by atoms with E-state index in [-0.39, 0.29) is 5.92 Å². The van der Waals surface area contributed by atoms with E-state index < -0.39 is 5.72 Å². The van der Waals surface area contributed by atoms with Crippen LogP contribution in [0.4, 0.5) is 0 Å². The first kappa shape index (κ1) is 18.8. The standard InChI is InChI=1S/C23H27NO4/c1-26-18-8-5-16(6-9-18)19-14-23(25)11-4-12-24(23)15-20(19)17-7-10-21(27-2)22(13-17)28-3/h5-10,13-14,20,25H,4,11-12,15H2,1-3H3/t20-,23-/m1/s1. The van der Waals surface area contributed by atoms with Crippen LogP contribution in [-0.2, 0) is 0 Å². The summed E-state index contributed by atoms with van der Waals surface area (Å²) in [6, 6.07) is 14.1. The first-order valence-corrected chi connectivity index (χ1v) is 9.64. The van der Waals surface area contributed by atoms with Crippen LogP contribution >= 0.6 is 0 Å². The van der Waals surface area contributed by atoms with E-state index in [1.807, 2.05) is 30.3 Å². The summed E-state index contributed by atoms with van der Waals surface area (Å²) in [4.78, 5) is 2.18. The second-order valence-electron chi connectivity index (χ2n) is 7.42. The number of benzene rings is 2. The van der Waals surface area contributed by atoms with Crippen molar-refractivity contribution < 1.29 is 19.3 Å². The molecule has 0 aromatic heterocycles. The lowest BCUT2D eigenvalue weighted by molar-refractivity contribution is -0.0429. The minimum absolute atomic E-state index is 0.131. The highest BCUT2D eigenvalue weighted by Crippen LogP contribution is 2.45. The summed E-state index contributed by atoms with van der Waals surface area (Å²) in [6.45, 7) is 1.68. The van der Waals surface area contributed by atoms with Crippen LogP contribution in [0, 0.1) is 0 Å². The molecule has 2 aromatic carbocycles. The number of hydrogen-bond acceptors (Lipinski definition) is 5. The number of fused-ring (bicyclic) bond motifs is 1. The summed E-state index contributed by atoms with van der Waals surface area (Å²) >= 11 is 0. The molecule has 2 heterocycles. The lowest BCUT2D eigenvalue weighted by Gasteiger charge is -2.40. The Labute approximate surface area is 166 Å². The second kappa shape index (κ2) is 7.49. The zero-order chi connectivity index (χ0) is 19.7. The summed E-state index contributed by atoms with van der Waals surface area (Å²) in [5.74, 6) is 2.39. The van der Waals surface area contributed by atoms with Gasteiger partial charge < -0.3 is 19.3 Å². The van der Waals surface area contributed by atoms with Crippen LogP contribution in [0.2, 0.25) is 0 Å². The number of methoxy groups -OCH3 is 3. The van der Waals surface area contributed by atoms with Gasteiger partial charge in [-0.2, -0.15) is 0 Å². The van der Waals surface area contributed by atoms with E-state index in [0.29, 0.717) is 0 Å². The average Bonchev–Trinajstić information content (AvgIpc) is 3.12. The SMILES string of the molecule is COc1ccc(C2=C[C@]3(O)CCCN3C[C@@H]2c2ccc(OC)c(OC)c2)cc1. The van der Waals surface area contributed by atoms with Crippen molar-refractivity contribution >= 4 is 5.57 Å². The summed E-state index contributed by atoms with van der Waals surface area (Å²) in [7, 11) is 4.97. The van der Waals surface area contributed by atoms with Gasteiger partial charge in [-0.15, -0.1) is 0 Å². The molecule has 28 heavy (non-hydrogen) atoms. The normalized spacial score (nSPS) is 24.4. The van der Waals surface area contributed by atoms with Crippen molar-refractivity contribution in [3.63, 3.8) is 0 Å². The number of aliphatic hydroxyl groups is 1. The lowest BCUT2D eigenvalue weighted by atomic mass is 9.81. The molecule has 2 aliphatic rings. The Bertz CT molecular complexity index is 877. The maximum atomic E-state index is 11.2. The van der Waals surface area contributed by atoms with Gasteiger partial charge in [0.2, 0.25) is 0 Å². The monoisotopic (exact) mass is 381 g/mol. The molecule has 2 aromatic rings. The fraction of sp³-hybridized carbons (Fsp3) is 0.391. The largest absolute Gasteiger partial charge is 0.497 e. The molecule has 0 amide bonds. The Kier molecular flexibility index (Phi) is 5.04. The van der Waals surface area contributed by atoms with Gasteiger partial charge in [0.15, 0.2) is 11.5 Å². The molecule has 4 rings (SSSR count). The predicted octanol–water partition coefficient (Wildman–Crippen LogP) is 3.68. The molecule has 148 valence electrons. The van der Waals surface area contributed by atoms with Crippen LogP contribution in [0.3, 0.4) is 0 Å². The molecule has 5 heteroatoms. The van der Waals surface area contributed by atoms with Crippen molar-refractivity contribution in [3.05, 3.63) is 59.7 Å². The Morgan fingerprint density at radius 3 is 2.39 bits per heavy atom. The molecule has 0 saturated carbocycles. The van der Waals surface area contributed by atoms with Gasteiger partial charge in [0.1, 0.15) is 11.5 Å². The highest BCUT2D eigenvalue weighted by molar-refractivity contribution is 5.74. The number of hydrogen-bond donors (Lipinski definition) is 1. The van der Waals surface area contributed by atoms with Crippen LogP contribution in [0.5, 0.6) is 17.2 Å². The zero-order valence-corrected chi connectivity index (χ0v) is 16.6. The Morgan fingerprint density at radius 1 is 0.964 bits per heavy atom. The molecule has 5 nitrogen and oxygen atoms in total. The van der Waals surface area contributed by atoms with Crippen LogP contribution < -0.4 is 14.2 Å². The van der Waals surface area contributed by atoms with Gasteiger partial charge in [-0.1, -0.05) is 18.2 Å². The molecular weight excluding hydrogens is 354 g/mol. The van der Waals surface area contributed by atoms with E-state index >= 15 is 0 Å². The molecule has 0 unspecified atom stereocenters. The van der Waals surface area contributed by atoms with E-state index in [4.69, 9.17) is 14.2 Å². The van der Waals surface area contributed by atoms with Gasteiger partial charge in [0.25, 0.3) is 0 Å².